The highest BCUT2D eigenvalue weighted by molar-refractivity contribution is 7.88. The molecule has 0 aromatic carbocycles. The van der Waals surface area contributed by atoms with Gasteiger partial charge in [0.05, 0.1) is 0 Å². The number of hydrogen-bond donors (Lipinski definition) is 2. The van der Waals surface area contributed by atoms with Crippen molar-refractivity contribution in [3.63, 3.8) is 0 Å². The molecule has 2 N–H and O–H groups in total. The lowest BCUT2D eigenvalue weighted by molar-refractivity contribution is -0.303. The topological polar surface area (TPSA) is 186 Å². The van der Waals surface area contributed by atoms with Crippen molar-refractivity contribution in [2.45, 2.75) is 96.8 Å². The van der Waals surface area contributed by atoms with E-state index < -0.39 is 69.5 Å². The number of aliphatic hydroxyl groups excluding tert-OH is 2. The highest BCUT2D eigenvalue weighted by Crippen LogP contribution is 2.46. The molecule has 14 nitrogen and oxygen atoms in total. The number of ether oxygens (including phenoxy) is 4. The zero-order valence-corrected chi connectivity index (χ0v) is 25.9. The van der Waals surface area contributed by atoms with E-state index in [4.69, 9.17) is 18.9 Å². The van der Waals surface area contributed by atoms with Crippen LogP contribution in [0.1, 0.15) is 73.1 Å². The first-order valence-corrected chi connectivity index (χ1v) is 15.7. The summed E-state index contributed by atoms with van der Waals surface area (Å²) >= 11 is 0. The molecule has 1 aliphatic carbocycles. The lowest BCUT2D eigenvalue weighted by atomic mass is 9.87. The molecule has 0 aromatic rings. The van der Waals surface area contributed by atoms with Gasteiger partial charge >= 0.3 is 22.1 Å². The van der Waals surface area contributed by atoms with Crippen molar-refractivity contribution >= 4 is 34.0 Å². The largest absolute Gasteiger partial charge is 0.481 e. The standard InChI is InChI=1S/C29H36N2O12S/c1-6-17(3)30-22(32)20(23(33)31(18(4)7-2)44(30,38)39)11-9-8-10-12-21-26(36)42-29(43-27(21)37)15-13-28(14-16-29)40-24(34)19(5)25(35)41-28/h8-12,17-18,34,36H,6-7,13-16H2,1-5H3/b9-8+,12-10+,20-11?. The van der Waals surface area contributed by atoms with Crippen LogP contribution in [0.5, 0.6) is 0 Å². The van der Waals surface area contributed by atoms with E-state index in [1.165, 1.54) is 37.3 Å². The number of rotatable bonds is 7. The van der Waals surface area contributed by atoms with Crippen LogP contribution in [0.3, 0.4) is 0 Å². The first-order valence-electron chi connectivity index (χ1n) is 14.3. The van der Waals surface area contributed by atoms with Gasteiger partial charge < -0.3 is 29.2 Å². The number of carbonyl (C=O) groups excluding carboxylic acids is 4. The Morgan fingerprint density at radius 2 is 1.25 bits per heavy atom. The molecule has 2 unspecified atom stereocenters. The van der Waals surface area contributed by atoms with Crippen molar-refractivity contribution in [3.8, 4) is 0 Å². The van der Waals surface area contributed by atoms with E-state index in [1.807, 2.05) is 0 Å². The number of allylic oxidation sites excluding steroid dienone is 4. The van der Waals surface area contributed by atoms with Gasteiger partial charge in [-0.05, 0) is 45.8 Å². The van der Waals surface area contributed by atoms with Crippen molar-refractivity contribution < 1.29 is 56.8 Å². The van der Waals surface area contributed by atoms with Gasteiger partial charge in [-0.15, -0.1) is 0 Å². The third-order valence-electron chi connectivity index (χ3n) is 8.06. The smallest absolute Gasteiger partial charge is 0.348 e. The van der Waals surface area contributed by atoms with Gasteiger partial charge in [-0.1, -0.05) is 32.1 Å². The molecule has 3 heterocycles. The second-order valence-electron chi connectivity index (χ2n) is 11.0. The molecule has 4 rings (SSSR count). The summed E-state index contributed by atoms with van der Waals surface area (Å²) in [5, 5.41) is 20.4. The van der Waals surface area contributed by atoms with E-state index in [2.05, 4.69) is 0 Å². The van der Waals surface area contributed by atoms with E-state index >= 15 is 0 Å². The first-order chi connectivity index (χ1) is 20.6. The summed E-state index contributed by atoms with van der Waals surface area (Å²) in [6.45, 7) is 7.98. The number of aliphatic hydroxyl groups is 2. The van der Waals surface area contributed by atoms with Crippen LogP contribution in [0.25, 0.3) is 0 Å². The Morgan fingerprint density at radius 1 is 0.773 bits per heavy atom. The Morgan fingerprint density at radius 3 is 1.70 bits per heavy atom. The molecular weight excluding hydrogens is 600 g/mol. The van der Waals surface area contributed by atoms with Gasteiger partial charge in [0.1, 0.15) is 16.7 Å². The van der Waals surface area contributed by atoms with E-state index in [1.54, 1.807) is 27.7 Å². The van der Waals surface area contributed by atoms with Crippen LogP contribution < -0.4 is 0 Å². The maximum Gasteiger partial charge on any atom is 0.348 e. The highest BCUT2D eigenvalue weighted by Gasteiger charge is 2.55. The Bertz CT molecular complexity index is 1470. The fourth-order valence-corrected chi connectivity index (χ4v) is 7.07. The summed E-state index contributed by atoms with van der Waals surface area (Å²) in [5.41, 5.74) is -0.702. The summed E-state index contributed by atoms with van der Waals surface area (Å²) in [6.07, 6.45) is 7.14. The van der Waals surface area contributed by atoms with Crippen LogP contribution in [0.4, 0.5) is 0 Å². The molecule has 1 saturated heterocycles. The maximum absolute atomic E-state index is 13.2. The minimum Gasteiger partial charge on any atom is -0.481 e. The number of hydrogen-bond acceptors (Lipinski definition) is 12. The minimum atomic E-state index is -4.36. The molecule has 44 heavy (non-hydrogen) atoms. The molecule has 0 bridgehead atoms. The van der Waals surface area contributed by atoms with Crippen LogP contribution in [-0.4, -0.2) is 74.7 Å². The summed E-state index contributed by atoms with van der Waals surface area (Å²) in [5.74, 6) is -7.69. The Hall–Kier alpha value is -4.27. The molecule has 0 aromatic heterocycles. The molecule has 4 aliphatic rings. The molecule has 0 radical (unpaired) electrons. The molecule has 1 saturated carbocycles. The molecule has 2 amide bonds. The van der Waals surface area contributed by atoms with E-state index in [0.717, 1.165) is 8.61 Å². The van der Waals surface area contributed by atoms with Crippen molar-refractivity contribution in [1.29, 1.82) is 0 Å². The van der Waals surface area contributed by atoms with Crippen LogP contribution >= 0.6 is 0 Å². The van der Waals surface area contributed by atoms with E-state index in [0.29, 0.717) is 12.8 Å². The molecular formula is C29H36N2O12S. The summed E-state index contributed by atoms with van der Waals surface area (Å²) < 4.78 is 49.6. The fourth-order valence-electron chi connectivity index (χ4n) is 5.06. The average Bonchev–Trinajstić information content (AvgIpc) is 2.95. The number of esters is 2. The third-order valence-corrected chi connectivity index (χ3v) is 10.1. The van der Waals surface area contributed by atoms with E-state index in [9.17, 15) is 37.8 Å². The minimum absolute atomic E-state index is 0.00795. The zero-order chi connectivity index (χ0) is 32.6. The third kappa shape index (κ3) is 5.79. The Kier molecular flexibility index (Phi) is 8.92. The van der Waals surface area contributed by atoms with Gasteiger partial charge in [0.2, 0.25) is 0 Å². The molecule has 2 atom stereocenters. The van der Waals surface area contributed by atoms with Crippen molar-refractivity contribution in [1.82, 2.24) is 8.61 Å². The Labute approximate surface area is 255 Å². The second-order valence-corrected chi connectivity index (χ2v) is 12.7. The first kappa shape index (κ1) is 32.6. The fraction of sp³-hybridized carbons (Fsp3) is 0.517. The van der Waals surface area contributed by atoms with Gasteiger partial charge in [-0.25, -0.2) is 18.2 Å². The Balaban J connectivity index is 1.48. The highest BCUT2D eigenvalue weighted by atomic mass is 32.2. The quantitative estimate of drug-likeness (QED) is 0.180. The molecule has 2 fully saturated rings. The molecule has 2 spiro atoms. The van der Waals surface area contributed by atoms with Gasteiger partial charge in [0, 0.05) is 37.8 Å². The van der Waals surface area contributed by atoms with Gasteiger partial charge in [-0.3, -0.25) is 9.59 Å². The summed E-state index contributed by atoms with van der Waals surface area (Å²) in [4.78, 5) is 51.0. The molecule has 240 valence electrons. The van der Waals surface area contributed by atoms with Crippen LogP contribution in [0.15, 0.2) is 59.0 Å². The van der Waals surface area contributed by atoms with Crippen LogP contribution in [0.2, 0.25) is 0 Å². The van der Waals surface area contributed by atoms with Crippen LogP contribution in [-0.2, 0) is 48.3 Å². The van der Waals surface area contributed by atoms with Crippen molar-refractivity contribution in [2.24, 2.45) is 0 Å². The number of amides is 2. The predicted octanol–water partition coefficient (Wildman–Crippen LogP) is 3.21. The zero-order valence-electron chi connectivity index (χ0n) is 25.1. The van der Waals surface area contributed by atoms with Crippen LogP contribution in [0, 0.1) is 0 Å². The second kappa shape index (κ2) is 12.0. The average molecular weight is 637 g/mol. The normalized spacial score (nSPS) is 24.5. The predicted molar refractivity (Wildman–Crippen MR) is 152 cm³/mol. The van der Waals surface area contributed by atoms with Gasteiger partial charge in [-0.2, -0.15) is 8.42 Å². The number of carbonyl (C=O) groups is 4. The lowest BCUT2D eigenvalue weighted by Crippen LogP contribution is -2.60. The van der Waals surface area contributed by atoms with E-state index in [-0.39, 0.29) is 42.4 Å². The lowest BCUT2D eigenvalue weighted by Gasteiger charge is -2.46. The SMILES string of the molecule is CCC(C)N1C(=O)C(=C/C=C/C=C/C2=C(O)OC3(CCC4(CC3)OC(=O)C(C)=C(O)O4)OC2=O)C(=O)N(C(C)CC)S1(=O)=O. The van der Waals surface area contributed by atoms with Gasteiger partial charge in [0.15, 0.2) is 0 Å². The monoisotopic (exact) mass is 636 g/mol. The van der Waals surface area contributed by atoms with Crippen molar-refractivity contribution in [3.05, 3.63) is 59.0 Å². The molecule has 3 aliphatic heterocycles. The summed E-state index contributed by atoms with van der Waals surface area (Å²) in [6, 6.07) is -1.36. The van der Waals surface area contributed by atoms with Gasteiger partial charge in [0.25, 0.3) is 35.3 Å². The summed E-state index contributed by atoms with van der Waals surface area (Å²) in [7, 11) is -4.36. The molecule has 15 heteroatoms. The number of nitrogens with zero attached hydrogens (tertiary/aromatic N) is 2. The maximum atomic E-state index is 13.2. The van der Waals surface area contributed by atoms with Crippen molar-refractivity contribution in [2.75, 3.05) is 0 Å².